The molecule has 0 bridgehead atoms. The van der Waals surface area contributed by atoms with Gasteiger partial charge in [-0.3, -0.25) is 0 Å². The summed E-state index contributed by atoms with van der Waals surface area (Å²) >= 11 is 5.75. The Kier molecular flexibility index (Phi) is 3.14. The van der Waals surface area contributed by atoms with Gasteiger partial charge in [-0.2, -0.15) is 0 Å². The predicted molar refractivity (Wildman–Crippen MR) is 49.2 cm³/mol. The summed E-state index contributed by atoms with van der Waals surface area (Å²) in [5, 5.41) is 18.0. The second-order valence-corrected chi connectivity index (χ2v) is 2.64. The van der Waals surface area contributed by atoms with Gasteiger partial charge in [-0.15, -0.1) is 0 Å². The summed E-state index contributed by atoms with van der Waals surface area (Å²) in [6.45, 7) is -0.0357. The normalized spacial score (nSPS) is 10.8. The minimum atomic E-state index is -0.0357. The molecule has 0 spiro atoms. The molecular weight excluding hydrogens is 176 g/mol. The Morgan fingerprint density at radius 3 is 2.83 bits per heavy atom. The van der Waals surface area contributed by atoms with Crippen LogP contribution in [-0.2, 0) is 0 Å². The SMILES string of the molecule is OC/C=C/c1cccc(O)c1Cl. The van der Waals surface area contributed by atoms with Crippen molar-refractivity contribution in [3.63, 3.8) is 0 Å². The summed E-state index contributed by atoms with van der Waals surface area (Å²) in [6.07, 6.45) is 3.21. The van der Waals surface area contributed by atoms with Crippen LogP contribution >= 0.6 is 11.6 Å². The smallest absolute Gasteiger partial charge is 0.134 e. The van der Waals surface area contributed by atoms with Gasteiger partial charge in [-0.1, -0.05) is 35.9 Å². The number of aliphatic hydroxyl groups is 1. The van der Waals surface area contributed by atoms with E-state index >= 15 is 0 Å². The van der Waals surface area contributed by atoms with Crippen molar-refractivity contribution in [2.45, 2.75) is 0 Å². The molecule has 0 aliphatic heterocycles. The first kappa shape index (κ1) is 9.10. The van der Waals surface area contributed by atoms with Crippen molar-refractivity contribution in [1.82, 2.24) is 0 Å². The van der Waals surface area contributed by atoms with Crippen molar-refractivity contribution in [2.75, 3.05) is 6.61 Å². The zero-order chi connectivity index (χ0) is 8.97. The van der Waals surface area contributed by atoms with Gasteiger partial charge in [0.1, 0.15) is 5.75 Å². The molecule has 2 nitrogen and oxygen atoms in total. The molecule has 0 aliphatic rings. The molecule has 0 amide bonds. The fourth-order valence-electron chi connectivity index (χ4n) is 0.846. The van der Waals surface area contributed by atoms with Crippen LogP contribution in [0.4, 0.5) is 0 Å². The molecule has 0 saturated carbocycles. The molecule has 1 aromatic carbocycles. The summed E-state index contributed by atoms with van der Waals surface area (Å²) in [7, 11) is 0. The Labute approximate surface area is 75.7 Å². The first-order valence-corrected chi connectivity index (χ1v) is 3.88. The number of phenols is 1. The third kappa shape index (κ3) is 2.00. The largest absolute Gasteiger partial charge is 0.506 e. The first-order chi connectivity index (χ1) is 5.75. The lowest BCUT2D eigenvalue weighted by Crippen LogP contribution is -1.77. The van der Waals surface area contributed by atoms with Gasteiger partial charge in [0.05, 0.1) is 11.6 Å². The third-order valence-corrected chi connectivity index (χ3v) is 1.82. The van der Waals surface area contributed by atoms with E-state index in [0.717, 1.165) is 0 Å². The van der Waals surface area contributed by atoms with Crippen molar-refractivity contribution in [3.05, 3.63) is 34.9 Å². The predicted octanol–water partition coefficient (Wildman–Crippen LogP) is 2.05. The zero-order valence-corrected chi connectivity index (χ0v) is 7.12. The average Bonchev–Trinajstić information content (AvgIpc) is 2.08. The molecule has 0 atom stereocenters. The molecule has 0 radical (unpaired) electrons. The monoisotopic (exact) mass is 184 g/mol. The van der Waals surface area contributed by atoms with Crippen LogP contribution in [0.1, 0.15) is 5.56 Å². The highest BCUT2D eigenvalue weighted by atomic mass is 35.5. The van der Waals surface area contributed by atoms with Crippen molar-refractivity contribution >= 4 is 17.7 Å². The summed E-state index contributed by atoms with van der Waals surface area (Å²) in [5.41, 5.74) is 0.700. The summed E-state index contributed by atoms with van der Waals surface area (Å²) in [6, 6.07) is 4.96. The number of aromatic hydroxyl groups is 1. The van der Waals surface area contributed by atoms with Gasteiger partial charge in [0.15, 0.2) is 0 Å². The highest BCUT2D eigenvalue weighted by Gasteiger charge is 2.00. The number of benzene rings is 1. The second-order valence-electron chi connectivity index (χ2n) is 2.27. The number of hydrogen-bond acceptors (Lipinski definition) is 2. The van der Waals surface area contributed by atoms with E-state index in [2.05, 4.69) is 0 Å². The lowest BCUT2D eigenvalue weighted by atomic mass is 10.2. The Morgan fingerprint density at radius 1 is 1.42 bits per heavy atom. The number of halogens is 1. The maximum Gasteiger partial charge on any atom is 0.134 e. The maximum absolute atomic E-state index is 9.17. The highest BCUT2D eigenvalue weighted by Crippen LogP contribution is 2.27. The van der Waals surface area contributed by atoms with Crippen LogP contribution in [0, 0.1) is 0 Å². The van der Waals surface area contributed by atoms with E-state index < -0.39 is 0 Å². The lowest BCUT2D eigenvalue weighted by Gasteiger charge is -1.99. The van der Waals surface area contributed by atoms with Crippen molar-refractivity contribution in [3.8, 4) is 5.75 Å². The van der Waals surface area contributed by atoms with E-state index in [1.54, 1.807) is 24.3 Å². The van der Waals surface area contributed by atoms with Gasteiger partial charge in [0.2, 0.25) is 0 Å². The number of aliphatic hydroxyl groups excluding tert-OH is 1. The van der Waals surface area contributed by atoms with Crippen LogP contribution in [-0.4, -0.2) is 16.8 Å². The summed E-state index contributed by atoms with van der Waals surface area (Å²) < 4.78 is 0. The minimum absolute atomic E-state index is 0.0357. The van der Waals surface area contributed by atoms with Crippen LogP contribution in [0.15, 0.2) is 24.3 Å². The van der Waals surface area contributed by atoms with Crippen LogP contribution in [0.3, 0.4) is 0 Å². The molecule has 0 heterocycles. The second kappa shape index (κ2) is 4.14. The Hall–Kier alpha value is -0.990. The molecule has 2 N–H and O–H groups in total. The van der Waals surface area contributed by atoms with Gasteiger partial charge in [0.25, 0.3) is 0 Å². The molecule has 3 heteroatoms. The fraction of sp³-hybridized carbons (Fsp3) is 0.111. The van der Waals surface area contributed by atoms with Crippen molar-refractivity contribution in [1.29, 1.82) is 0 Å². The first-order valence-electron chi connectivity index (χ1n) is 3.50. The fourth-order valence-corrected chi connectivity index (χ4v) is 1.03. The van der Waals surface area contributed by atoms with E-state index in [1.807, 2.05) is 0 Å². The minimum Gasteiger partial charge on any atom is -0.506 e. The quantitative estimate of drug-likeness (QED) is 0.739. The van der Waals surface area contributed by atoms with Crippen LogP contribution in [0.2, 0.25) is 5.02 Å². The lowest BCUT2D eigenvalue weighted by molar-refractivity contribution is 0.343. The molecule has 64 valence electrons. The van der Waals surface area contributed by atoms with E-state index in [1.165, 1.54) is 6.07 Å². The Balaban J connectivity index is 3.00. The summed E-state index contributed by atoms with van der Waals surface area (Å²) in [4.78, 5) is 0. The van der Waals surface area contributed by atoms with Gasteiger partial charge in [-0.25, -0.2) is 0 Å². The van der Waals surface area contributed by atoms with Crippen molar-refractivity contribution < 1.29 is 10.2 Å². The highest BCUT2D eigenvalue weighted by molar-refractivity contribution is 6.33. The standard InChI is InChI=1S/C9H9ClO2/c10-9-7(4-2-6-11)3-1-5-8(9)12/h1-5,11-12H,6H2/b4-2+. The average molecular weight is 185 g/mol. The van der Waals surface area contributed by atoms with E-state index in [0.29, 0.717) is 10.6 Å². The molecule has 0 saturated heterocycles. The van der Waals surface area contributed by atoms with E-state index in [-0.39, 0.29) is 12.4 Å². The molecule has 0 aromatic heterocycles. The maximum atomic E-state index is 9.17. The number of phenolic OH excluding ortho intramolecular Hbond substituents is 1. The zero-order valence-electron chi connectivity index (χ0n) is 6.37. The van der Waals surface area contributed by atoms with Crippen LogP contribution in [0.5, 0.6) is 5.75 Å². The van der Waals surface area contributed by atoms with Gasteiger partial charge in [-0.05, 0) is 11.6 Å². The Morgan fingerprint density at radius 2 is 2.17 bits per heavy atom. The van der Waals surface area contributed by atoms with Crippen LogP contribution in [0.25, 0.3) is 6.08 Å². The van der Waals surface area contributed by atoms with Crippen LogP contribution < -0.4 is 0 Å². The molecule has 1 aromatic rings. The summed E-state index contributed by atoms with van der Waals surface area (Å²) in [5.74, 6) is 0.0526. The molecule has 1 rings (SSSR count). The number of rotatable bonds is 2. The topological polar surface area (TPSA) is 40.5 Å². The van der Waals surface area contributed by atoms with Gasteiger partial charge in [0, 0.05) is 0 Å². The van der Waals surface area contributed by atoms with E-state index in [4.69, 9.17) is 16.7 Å². The number of hydrogen-bond donors (Lipinski definition) is 2. The van der Waals surface area contributed by atoms with Gasteiger partial charge >= 0.3 is 0 Å². The molecule has 0 unspecified atom stereocenters. The molecule has 12 heavy (non-hydrogen) atoms. The van der Waals surface area contributed by atoms with E-state index in [9.17, 15) is 5.11 Å². The Bertz CT molecular complexity index is 295. The molecule has 0 aliphatic carbocycles. The molecule has 0 fully saturated rings. The van der Waals surface area contributed by atoms with Gasteiger partial charge < -0.3 is 10.2 Å². The molecular formula is C9H9ClO2. The van der Waals surface area contributed by atoms with Crippen molar-refractivity contribution in [2.24, 2.45) is 0 Å². The third-order valence-electron chi connectivity index (χ3n) is 1.41.